The van der Waals surface area contributed by atoms with Gasteiger partial charge in [0.05, 0.1) is 10.7 Å². The Kier molecular flexibility index (Phi) is 4.96. The van der Waals surface area contributed by atoms with Crippen LogP contribution < -0.4 is 10.5 Å². The molecule has 0 bridgehead atoms. The summed E-state index contributed by atoms with van der Waals surface area (Å²) in [5.41, 5.74) is 10.8. The number of nitrogens with zero attached hydrogens (tertiary/aromatic N) is 1. The summed E-state index contributed by atoms with van der Waals surface area (Å²) in [5.74, 6) is 0.846. The van der Waals surface area contributed by atoms with Gasteiger partial charge in [0.25, 0.3) is 0 Å². The minimum atomic E-state index is 0.543. The first-order valence-corrected chi connectivity index (χ1v) is 8.64. The maximum atomic E-state index is 5.72. The summed E-state index contributed by atoms with van der Waals surface area (Å²) in [7, 11) is 0. The highest BCUT2D eigenvalue weighted by Crippen LogP contribution is 2.25. The lowest BCUT2D eigenvalue weighted by atomic mass is 10.1. The van der Waals surface area contributed by atoms with Crippen molar-refractivity contribution in [2.24, 2.45) is 0 Å². The van der Waals surface area contributed by atoms with E-state index in [1.807, 2.05) is 55.5 Å². The summed E-state index contributed by atoms with van der Waals surface area (Å²) in [4.78, 5) is 4.73. The summed E-state index contributed by atoms with van der Waals surface area (Å²) < 4.78 is 5.62. The van der Waals surface area contributed by atoms with E-state index >= 15 is 0 Å². The molecule has 0 spiro atoms. The third-order valence-corrected chi connectivity index (χ3v) is 4.37. The number of aromatic nitrogens is 1. The Morgan fingerprint density at radius 2 is 1.83 bits per heavy atom. The summed E-state index contributed by atoms with van der Waals surface area (Å²) in [6, 6.07) is 16.0. The molecule has 1 aromatic heterocycles. The van der Waals surface area contributed by atoms with Crippen LogP contribution in [0, 0.1) is 0 Å². The molecule has 3 rings (SSSR count). The molecule has 1 heterocycles. The Morgan fingerprint density at radius 1 is 1.12 bits per heavy atom. The Labute approximate surface area is 146 Å². The molecule has 0 aliphatic rings. The molecule has 0 saturated heterocycles. The van der Waals surface area contributed by atoms with Crippen LogP contribution in [0.15, 0.2) is 66.1 Å². The minimum Gasteiger partial charge on any atom is -0.489 e. The molecule has 0 saturated carbocycles. The lowest BCUT2D eigenvalue weighted by Gasteiger charge is -2.06. The van der Waals surface area contributed by atoms with Gasteiger partial charge in [0.15, 0.2) is 0 Å². The van der Waals surface area contributed by atoms with Crippen molar-refractivity contribution in [3.8, 4) is 17.0 Å². The second kappa shape index (κ2) is 7.32. The van der Waals surface area contributed by atoms with Crippen LogP contribution >= 0.6 is 11.3 Å². The van der Waals surface area contributed by atoms with Crippen LogP contribution in [0.4, 0.5) is 5.69 Å². The molecule has 0 radical (unpaired) electrons. The van der Waals surface area contributed by atoms with E-state index in [1.54, 1.807) is 11.3 Å². The van der Waals surface area contributed by atoms with Gasteiger partial charge in [0.1, 0.15) is 12.4 Å². The van der Waals surface area contributed by atoms with Crippen molar-refractivity contribution in [1.82, 2.24) is 4.98 Å². The number of nitrogens with two attached hydrogens (primary N) is 1. The van der Waals surface area contributed by atoms with E-state index in [0.717, 1.165) is 39.7 Å². The van der Waals surface area contributed by atoms with Gasteiger partial charge in [-0.1, -0.05) is 18.7 Å². The maximum Gasteiger partial charge on any atom is 0.119 e. The van der Waals surface area contributed by atoms with E-state index in [4.69, 9.17) is 15.5 Å². The van der Waals surface area contributed by atoms with Gasteiger partial charge in [0, 0.05) is 23.1 Å². The van der Waals surface area contributed by atoms with Crippen molar-refractivity contribution >= 4 is 17.0 Å². The molecular formula is C20H20N2OS. The zero-order valence-corrected chi connectivity index (χ0v) is 14.5. The molecule has 4 heteroatoms. The molecule has 24 heavy (non-hydrogen) atoms. The lowest BCUT2D eigenvalue weighted by Crippen LogP contribution is -1.97. The lowest BCUT2D eigenvalue weighted by molar-refractivity contribution is 0.353. The van der Waals surface area contributed by atoms with Gasteiger partial charge < -0.3 is 10.5 Å². The van der Waals surface area contributed by atoms with Crippen LogP contribution in [0.1, 0.15) is 17.5 Å². The fourth-order valence-electron chi connectivity index (χ4n) is 2.26. The summed E-state index contributed by atoms with van der Waals surface area (Å²) in [6.07, 6.45) is 0.824. The second-order valence-corrected chi connectivity index (χ2v) is 6.76. The zero-order chi connectivity index (χ0) is 16.9. The first kappa shape index (κ1) is 16.3. The average molecular weight is 336 g/mol. The van der Waals surface area contributed by atoms with E-state index < -0.39 is 0 Å². The van der Waals surface area contributed by atoms with Crippen LogP contribution in [0.3, 0.4) is 0 Å². The van der Waals surface area contributed by atoms with Crippen molar-refractivity contribution in [2.45, 2.75) is 13.3 Å². The fourth-order valence-corrected chi connectivity index (χ4v) is 3.10. The van der Waals surface area contributed by atoms with Crippen LogP contribution in [0.5, 0.6) is 5.75 Å². The predicted molar refractivity (Wildman–Crippen MR) is 102 cm³/mol. The van der Waals surface area contributed by atoms with Gasteiger partial charge in [-0.25, -0.2) is 4.98 Å². The van der Waals surface area contributed by atoms with E-state index in [0.29, 0.717) is 6.61 Å². The highest BCUT2D eigenvalue weighted by molar-refractivity contribution is 7.10. The average Bonchev–Trinajstić information content (AvgIpc) is 3.04. The number of anilines is 1. The minimum absolute atomic E-state index is 0.543. The van der Waals surface area contributed by atoms with E-state index in [-0.39, 0.29) is 0 Å². The predicted octanol–water partition coefficient (Wildman–Crippen LogP) is 4.94. The Bertz CT molecular complexity index is 820. The van der Waals surface area contributed by atoms with Crippen molar-refractivity contribution in [2.75, 3.05) is 12.3 Å². The Hall–Kier alpha value is -2.59. The number of ether oxygens (including phenoxy) is 1. The molecule has 122 valence electrons. The van der Waals surface area contributed by atoms with Crippen molar-refractivity contribution in [3.63, 3.8) is 0 Å². The number of hydrogen-bond donors (Lipinski definition) is 1. The van der Waals surface area contributed by atoms with Gasteiger partial charge in [-0.3, -0.25) is 0 Å². The normalized spacial score (nSPS) is 10.5. The van der Waals surface area contributed by atoms with Crippen molar-refractivity contribution in [3.05, 3.63) is 76.6 Å². The molecular weight excluding hydrogens is 316 g/mol. The number of nitrogen functional groups attached to an aromatic ring is 1. The molecule has 0 amide bonds. The molecule has 0 atom stereocenters. The van der Waals surface area contributed by atoms with E-state index in [9.17, 15) is 0 Å². The quantitative estimate of drug-likeness (QED) is 0.512. The molecule has 2 N–H and O–H groups in total. The van der Waals surface area contributed by atoms with Gasteiger partial charge in [-0.2, -0.15) is 0 Å². The van der Waals surface area contributed by atoms with Gasteiger partial charge in [0.2, 0.25) is 0 Å². The fraction of sp³-hybridized carbons (Fsp3) is 0.150. The third kappa shape index (κ3) is 4.24. The van der Waals surface area contributed by atoms with Crippen molar-refractivity contribution in [1.29, 1.82) is 0 Å². The molecule has 0 unspecified atom stereocenters. The summed E-state index contributed by atoms with van der Waals surface area (Å²) >= 11 is 1.68. The van der Waals surface area contributed by atoms with Crippen molar-refractivity contribution < 1.29 is 4.74 Å². The maximum absolute atomic E-state index is 5.72. The molecule has 0 aliphatic carbocycles. The first-order valence-electron chi connectivity index (χ1n) is 7.76. The molecule has 3 aromatic rings. The Balaban J connectivity index is 1.68. The summed E-state index contributed by atoms with van der Waals surface area (Å²) in [6.45, 7) is 6.33. The topological polar surface area (TPSA) is 48.1 Å². The number of rotatable bonds is 6. The van der Waals surface area contributed by atoms with E-state index in [1.165, 1.54) is 5.56 Å². The number of benzene rings is 2. The van der Waals surface area contributed by atoms with E-state index in [2.05, 4.69) is 12.0 Å². The van der Waals surface area contributed by atoms with Gasteiger partial charge in [-0.15, -0.1) is 11.3 Å². The smallest absolute Gasteiger partial charge is 0.119 e. The monoisotopic (exact) mass is 336 g/mol. The highest BCUT2D eigenvalue weighted by Gasteiger charge is 2.06. The molecule has 0 aliphatic heterocycles. The summed E-state index contributed by atoms with van der Waals surface area (Å²) in [5, 5.41) is 3.19. The van der Waals surface area contributed by atoms with Crippen LogP contribution in [0.25, 0.3) is 11.3 Å². The van der Waals surface area contributed by atoms with Crippen LogP contribution in [0.2, 0.25) is 0 Å². The zero-order valence-electron chi connectivity index (χ0n) is 13.7. The molecule has 0 fully saturated rings. The Morgan fingerprint density at radius 3 is 2.50 bits per heavy atom. The van der Waals surface area contributed by atoms with Crippen LogP contribution in [-0.2, 0) is 6.42 Å². The van der Waals surface area contributed by atoms with Crippen LogP contribution in [-0.4, -0.2) is 11.6 Å². The first-order chi connectivity index (χ1) is 11.6. The number of hydrogen-bond acceptors (Lipinski definition) is 4. The SMILES string of the molecule is C=C(C)COc1ccc(-c2csc(Cc3ccc(N)cc3)n2)cc1. The molecule has 3 nitrogen and oxygen atoms in total. The third-order valence-electron chi connectivity index (χ3n) is 3.52. The number of thiazole rings is 1. The standard InChI is InChI=1S/C20H20N2OS/c1-14(2)12-23-18-9-5-16(6-10-18)19-13-24-20(22-19)11-15-3-7-17(21)8-4-15/h3-10,13H,1,11-12,21H2,2H3. The van der Waals surface area contributed by atoms with Gasteiger partial charge >= 0.3 is 0 Å². The largest absolute Gasteiger partial charge is 0.489 e. The second-order valence-electron chi connectivity index (χ2n) is 5.82. The highest BCUT2D eigenvalue weighted by atomic mass is 32.1. The molecule has 2 aromatic carbocycles. The van der Waals surface area contributed by atoms with Gasteiger partial charge in [-0.05, 0) is 54.5 Å².